The van der Waals surface area contributed by atoms with Crippen LogP contribution in [0.15, 0.2) is 42.5 Å². The molecule has 0 radical (unpaired) electrons. The first-order valence-corrected chi connectivity index (χ1v) is 6.04. The molecule has 0 unspecified atom stereocenters. The Morgan fingerprint density at radius 3 is 2.29 bits per heavy atom. The van der Waals surface area contributed by atoms with Crippen LogP contribution in [-0.4, -0.2) is 0 Å². The van der Waals surface area contributed by atoms with Gasteiger partial charge in [0.05, 0.1) is 0 Å². The van der Waals surface area contributed by atoms with Gasteiger partial charge in [0.15, 0.2) is 0 Å². The van der Waals surface area contributed by atoms with Crippen molar-refractivity contribution in [2.75, 3.05) is 0 Å². The number of benzene rings is 2. The molecule has 0 N–H and O–H groups in total. The predicted molar refractivity (Wildman–Crippen MR) is 72.0 cm³/mol. The molecule has 2 rings (SSSR count). The second kappa shape index (κ2) is 5.44. The second-order valence-corrected chi connectivity index (χ2v) is 4.70. The smallest absolute Gasteiger partial charge is 0.124 e. The zero-order valence-corrected chi connectivity index (χ0v) is 10.9. The number of rotatable bonds is 3. The maximum atomic E-state index is 5.92. The van der Waals surface area contributed by atoms with E-state index in [0.29, 0.717) is 11.6 Å². The van der Waals surface area contributed by atoms with Crippen LogP contribution in [0.1, 0.15) is 11.1 Å². The fraction of sp³-hybridized carbons (Fsp3) is 0.143. The largest absolute Gasteiger partial charge is 0.489 e. The normalized spacial score (nSPS) is 10.3. The van der Waals surface area contributed by atoms with Gasteiger partial charge >= 0.3 is 0 Å². The van der Waals surface area contributed by atoms with E-state index in [0.717, 1.165) is 21.9 Å². The molecule has 88 valence electrons. The van der Waals surface area contributed by atoms with Crippen molar-refractivity contribution in [1.29, 1.82) is 0 Å². The molecule has 0 fully saturated rings. The minimum Gasteiger partial charge on any atom is -0.489 e. The summed E-state index contributed by atoms with van der Waals surface area (Å²) in [5, 5.41) is 1.41. The molecule has 2 aromatic rings. The average Bonchev–Trinajstić information content (AvgIpc) is 2.32. The molecule has 0 atom stereocenters. The van der Waals surface area contributed by atoms with Crippen LogP contribution < -0.4 is 4.74 Å². The Labute approximate surface area is 111 Å². The van der Waals surface area contributed by atoms with Crippen molar-refractivity contribution < 1.29 is 4.74 Å². The highest BCUT2D eigenvalue weighted by molar-refractivity contribution is 6.30. The SMILES string of the molecule is Cc1ccc(Cl)cc1OCc1ccc(Cl)cc1. The molecule has 0 amide bonds. The highest BCUT2D eigenvalue weighted by Gasteiger charge is 2.01. The molecule has 0 spiro atoms. The molecule has 3 heteroatoms. The van der Waals surface area contributed by atoms with E-state index in [1.165, 1.54) is 0 Å². The van der Waals surface area contributed by atoms with E-state index < -0.39 is 0 Å². The Kier molecular flexibility index (Phi) is 3.93. The standard InChI is InChI=1S/C14H12Cl2O/c1-10-2-5-13(16)8-14(10)17-9-11-3-6-12(15)7-4-11/h2-8H,9H2,1H3. The lowest BCUT2D eigenvalue weighted by Crippen LogP contribution is -1.96. The van der Waals surface area contributed by atoms with Crippen molar-refractivity contribution >= 4 is 23.2 Å². The molecule has 17 heavy (non-hydrogen) atoms. The molecule has 1 nitrogen and oxygen atoms in total. The van der Waals surface area contributed by atoms with E-state index in [1.54, 1.807) is 0 Å². The molecule has 0 saturated heterocycles. The highest BCUT2D eigenvalue weighted by atomic mass is 35.5. The molecular formula is C14H12Cl2O. The third-order valence-corrected chi connectivity index (χ3v) is 2.94. The van der Waals surface area contributed by atoms with Gasteiger partial charge in [0.1, 0.15) is 12.4 Å². The van der Waals surface area contributed by atoms with Gasteiger partial charge in [-0.15, -0.1) is 0 Å². The van der Waals surface area contributed by atoms with Crippen molar-refractivity contribution in [3.63, 3.8) is 0 Å². The van der Waals surface area contributed by atoms with Crippen molar-refractivity contribution in [3.05, 3.63) is 63.6 Å². The van der Waals surface area contributed by atoms with E-state index in [4.69, 9.17) is 27.9 Å². The van der Waals surface area contributed by atoms with Gasteiger partial charge in [0, 0.05) is 10.0 Å². The van der Waals surface area contributed by atoms with Crippen LogP contribution >= 0.6 is 23.2 Å². The topological polar surface area (TPSA) is 9.23 Å². The summed E-state index contributed by atoms with van der Waals surface area (Å²) >= 11 is 11.7. The van der Waals surface area contributed by atoms with Crippen molar-refractivity contribution in [2.45, 2.75) is 13.5 Å². The van der Waals surface area contributed by atoms with Crippen molar-refractivity contribution in [2.24, 2.45) is 0 Å². The van der Waals surface area contributed by atoms with Crippen LogP contribution in [-0.2, 0) is 6.61 Å². The van der Waals surface area contributed by atoms with Gasteiger partial charge in [-0.25, -0.2) is 0 Å². The number of hydrogen-bond donors (Lipinski definition) is 0. The van der Waals surface area contributed by atoms with Gasteiger partial charge in [-0.05, 0) is 42.3 Å². The van der Waals surface area contributed by atoms with Crippen molar-refractivity contribution in [3.8, 4) is 5.75 Å². The molecule has 2 aromatic carbocycles. The van der Waals surface area contributed by atoms with Gasteiger partial charge in [0.2, 0.25) is 0 Å². The van der Waals surface area contributed by atoms with Gasteiger partial charge < -0.3 is 4.74 Å². The fourth-order valence-corrected chi connectivity index (χ4v) is 1.76. The Morgan fingerprint density at radius 2 is 1.59 bits per heavy atom. The zero-order chi connectivity index (χ0) is 12.3. The molecule has 0 aromatic heterocycles. The first-order valence-electron chi connectivity index (χ1n) is 5.28. The zero-order valence-electron chi connectivity index (χ0n) is 9.41. The average molecular weight is 267 g/mol. The first-order chi connectivity index (χ1) is 8.15. The predicted octanol–water partition coefficient (Wildman–Crippen LogP) is 4.88. The maximum absolute atomic E-state index is 5.92. The maximum Gasteiger partial charge on any atom is 0.124 e. The van der Waals surface area contributed by atoms with Gasteiger partial charge in [-0.3, -0.25) is 0 Å². The first kappa shape index (κ1) is 12.3. The van der Waals surface area contributed by atoms with Crippen LogP contribution in [0.25, 0.3) is 0 Å². The van der Waals surface area contributed by atoms with Gasteiger partial charge in [0.25, 0.3) is 0 Å². The lowest BCUT2D eigenvalue weighted by molar-refractivity contribution is 0.304. The van der Waals surface area contributed by atoms with Gasteiger partial charge in [-0.2, -0.15) is 0 Å². The second-order valence-electron chi connectivity index (χ2n) is 3.82. The lowest BCUT2D eigenvalue weighted by Gasteiger charge is -2.09. The molecule has 0 aliphatic heterocycles. The minimum atomic E-state index is 0.512. The van der Waals surface area contributed by atoms with E-state index in [-0.39, 0.29) is 0 Å². The molecule has 0 aliphatic carbocycles. The Balaban J connectivity index is 2.07. The number of hydrogen-bond acceptors (Lipinski definition) is 1. The van der Waals surface area contributed by atoms with Gasteiger partial charge in [-0.1, -0.05) is 41.4 Å². The monoisotopic (exact) mass is 266 g/mol. The van der Waals surface area contributed by atoms with Crippen LogP contribution in [0.5, 0.6) is 5.75 Å². The fourth-order valence-electron chi connectivity index (χ4n) is 1.47. The summed E-state index contributed by atoms with van der Waals surface area (Å²) in [6.45, 7) is 2.51. The Bertz CT molecular complexity index is 506. The summed E-state index contributed by atoms with van der Waals surface area (Å²) in [5.74, 6) is 0.812. The minimum absolute atomic E-state index is 0.512. The highest BCUT2D eigenvalue weighted by Crippen LogP contribution is 2.23. The molecule has 0 aliphatic rings. The Morgan fingerprint density at radius 1 is 0.941 bits per heavy atom. The number of aryl methyl sites for hydroxylation is 1. The molecular weight excluding hydrogens is 255 g/mol. The van der Waals surface area contributed by atoms with E-state index in [2.05, 4.69) is 0 Å². The molecule has 0 saturated carbocycles. The lowest BCUT2D eigenvalue weighted by atomic mass is 10.2. The van der Waals surface area contributed by atoms with Crippen LogP contribution in [0, 0.1) is 6.92 Å². The summed E-state index contributed by atoms with van der Waals surface area (Å²) in [6, 6.07) is 13.2. The van der Waals surface area contributed by atoms with E-state index >= 15 is 0 Å². The van der Waals surface area contributed by atoms with Crippen LogP contribution in [0.4, 0.5) is 0 Å². The summed E-state index contributed by atoms with van der Waals surface area (Å²) < 4.78 is 5.72. The Hall–Kier alpha value is -1.18. The van der Waals surface area contributed by atoms with Crippen LogP contribution in [0.2, 0.25) is 10.0 Å². The van der Waals surface area contributed by atoms with E-state index in [1.807, 2.05) is 49.4 Å². The summed E-state index contributed by atoms with van der Waals surface area (Å²) in [5.41, 5.74) is 2.15. The third kappa shape index (κ3) is 3.39. The third-order valence-electron chi connectivity index (χ3n) is 2.46. The summed E-state index contributed by atoms with van der Waals surface area (Å²) in [4.78, 5) is 0. The summed E-state index contributed by atoms with van der Waals surface area (Å²) in [6.07, 6.45) is 0. The van der Waals surface area contributed by atoms with Crippen molar-refractivity contribution in [1.82, 2.24) is 0 Å². The molecule has 0 bridgehead atoms. The number of ether oxygens (including phenoxy) is 1. The van der Waals surface area contributed by atoms with Crippen LogP contribution in [0.3, 0.4) is 0 Å². The van der Waals surface area contributed by atoms with E-state index in [9.17, 15) is 0 Å². The molecule has 0 heterocycles. The number of halogens is 2. The quantitative estimate of drug-likeness (QED) is 0.770. The summed E-state index contributed by atoms with van der Waals surface area (Å²) in [7, 11) is 0.